The van der Waals surface area contributed by atoms with Crippen LogP contribution in [-0.4, -0.2) is 57.2 Å². The highest BCUT2D eigenvalue weighted by atomic mass is 32.2. The summed E-state index contributed by atoms with van der Waals surface area (Å²) in [5, 5.41) is 2.65. The van der Waals surface area contributed by atoms with E-state index in [1.807, 2.05) is 6.92 Å². The highest BCUT2D eigenvalue weighted by molar-refractivity contribution is 7.89. The van der Waals surface area contributed by atoms with E-state index in [1.54, 1.807) is 13.8 Å². The Hall–Kier alpha value is -1.38. The van der Waals surface area contributed by atoms with Crippen LogP contribution < -0.4 is 5.32 Å². The number of nitrogens with zero attached hydrogens (tertiary/aromatic N) is 1. The van der Waals surface area contributed by atoms with Crippen LogP contribution >= 0.6 is 0 Å². The molecular formula is C14H22N2O5S. The zero-order chi connectivity index (χ0) is 16.3. The van der Waals surface area contributed by atoms with Crippen molar-refractivity contribution in [2.75, 3.05) is 38.6 Å². The van der Waals surface area contributed by atoms with Gasteiger partial charge in [0.15, 0.2) is 0 Å². The minimum atomic E-state index is -3.36. The normalized spacial score (nSPS) is 16.7. The van der Waals surface area contributed by atoms with Crippen LogP contribution in [0.5, 0.6) is 0 Å². The average molecular weight is 330 g/mol. The molecule has 1 aromatic rings. The molecule has 1 saturated heterocycles. The van der Waals surface area contributed by atoms with Crippen molar-refractivity contribution in [2.45, 2.75) is 20.8 Å². The number of morpholine rings is 1. The van der Waals surface area contributed by atoms with Gasteiger partial charge in [-0.25, -0.2) is 8.42 Å². The Bertz CT molecular complexity index is 644. The molecule has 124 valence electrons. The summed E-state index contributed by atoms with van der Waals surface area (Å²) in [7, 11) is -3.36. The van der Waals surface area contributed by atoms with E-state index in [9.17, 15) is 13.2 Å². The van der Waals surface area contributed by atoms with Gasteiger partial charge < -0.3 is 14.5 Å². The number of amides is 1. The van der Waals surface area contributed by atoms with Crippen LogP contribution in [0.1, 0.15) is 27.4 Å². The lowest BCUT2D eigenvalue weighted by molar-refractivity contribution is 0.0730. The molecular weight excluding hydrogens is 308 g/mol. The number of sulfonamides is 1. The first-order chi connectivity index (χ1) is 10.3. The Morgan fingerprint density at radius 1 is 1.18 bits per heavy atom. The van der Waals surface area contributed by atoms with E-state index in [4.69, 9.17) is 9.15 Å². The molecule has 0 radical (unpaired) electrons. The van der Waals surface area contributed by atoms with Gasteiger partial charge in [-0.3, -0.25) is 4.79 Å². The molecule has 7 nitrogen and oxygen atoms in total. The van der Waals surface area contributed by atoms with Gasteiger partial charge in [-0.2, -0.15) is 4.31 Å². The average Bonchev–Trinajstić information content (AvgIpc) is 2.73. The van der Waals surface area contributed by atoms with Gasteiger partial charge in [0.1, 0.15) is 11.5 Å². The highest BCUT2D eigenvalue weighted by Crippen LogP contribution is 2.20. The minimum absolute atomic E-state index is 0.0711. The SMILES string of the molecule is Cc1oc(C)c(C(=O)NCCS(=O)(=O)N2CCOCC2)c1C. The van der Waals surface area contributed by atoms with Crippen molar-refractivity contribution in [1.29, 1.82) is 0 Å². The number of ether oxygens (including phenoxy) is 1. The number of carbonyl (C=O) groups excluding carboxylic acids is 1. The smallest absolute Gasteiger partial charge is 0.255 e. The molecule has 0 aromatic carbocycles. The second-order valence-corrected chi connectivity index (χ2v) is 7.39. The fraction of sp³-hybridized carbons (Fsp3) is 0.643. The molecule has 1 aliphatic rings. The lowest BCUT2D eigenvalue weighted by Crippen LogP contribution is -2.43. The summed E-state index contributed by atoms with van der Waals surface area (Å²) in [6.07, 6.45) is 0. The molecule has 1 aromatic heterocycles. The first kappa shape index (κ1) is 17.0. The lowest BCUT2D eigenvalue weighted by Gasteiger charge is -2.26. The van der Waals surface area contributed by atoms with E-state index in [2.05, 4.69) is 5.32 Å². The third kappa shape index (κ3) is 3.68. The molecule has 2 heterocycles. The van der Waals surface area contributed by atoms with E-state index in [0.29, 0.717) is 43.4 Å². The van der Waals surface area contributed by atoms with Crippen molar-refractivity contribution in [3.05, 3.63) is 22.6 Å². The van der Waals surface area contributed by atoms with E-state index in [0.717, 1.165) is 5.56 Å². The quantitative estimate of drug-likeness (QED) is 0.854. The van der Waals surface area contributed by atoms with Gasteiger partial charge in [-0.15, -0.1) is 0 Å². The van der Waals surface area contributed by atoms with Crippen molar-refractivity contribution in [3.8, 4) is 0 Å². The van der Waals surface area contributed by atoms with Crippen LogP contribution in [0.4, 0.5) is 0 Å². The molecule has 0 aliphatic carbocycles. The maximum atomic E-state index is 12.2. The van der Waals surface area contributed by atoms with Crippen LogP contribution in [0.2, 0.25) is 0 Å². The second-order valence-electron chi connectivity index (χ2n) is 5.30. The largest absolute Gasteiger partial charge is 0.466 e. The van der Waals surface area contributed by atoms with Gasteiger partial charge in [0, 0.05) is 25.2 Å². The summed E-state index contributed by atoms with van der Waals surface area (Å²) in [5.74, 6) is 0.823. The summed E-state index contributed by atoms with van der Waals surface area (Å²) in [6.45, 7) is 6.97. The molecule has 0 atom stereocenters. The Labute approximate surface area is 130 Å². The van der Waals surface area contributed by atoms with Crippen molar-refractivity contribution >= 4 is 15.9 Å². The lowest BCUT2D eigenvalue weighted by atomic mass is 10.1. The van der Waals surface area contributed by atoms with Crippen molar-refractivity contribution in [3.63, 3.8) is 0 Å². The Balaban J connectivity index is 1.91. The number of carbonyl (C=O) groups is 1. The molecule has 0 saturated carbocycles. The molecule has 0 spiro atoms. The second kappa shape index (κ2) is 6.80. The summed E-state index contributed by atoms with van der Waals surface area (Å²) < 4.78 is 36.2. The third-order valence-corrected chi connectivity index (χ3v) is 5.67. The Morgan fingerprint density at radius 2 is 1.82 bits per heavy atom. The predicted octanol–water partition coefficient (Wildman–Crippen LogP) is 0.597. The standard InChI is InChI=1S/C14H22N2O5S/c1-10-11(2)21-12(3)13(10)14(17)15-4-9-22(18,19)16-5-7-20-8-6-16/h4-9H2,1-3H3,(H,15,17). The zero-order valence-corrected chi connectivity index (χ0v) is 14.0. The number of furan rings is 1. The minimum Gasteiger partial charge on any atom is -0.466 e. The van der Waals surface area contributed by atoms with Crippen molar-refractivity contribution in [2.24, 2.45) is 0 Å². The maximum absolute atomic E-state index is 12.2. The fourth-order valence-corrected chi connectivity index (χ4v) is 3.79. The van der Waals surface area contributed by atoms with Gasteiger partial charge in [-0.1, -0.05) is 0 Å². The number of hydrogen-bond acceptors (Lipinski definition) is 5. The van der Waals surface area contributed by atoms with Crippen LogP contribution in [-0.2, 0) is 14.8 Å². The molecule has 0 unspecified atom stereocenters. The van der Waals surface area contributed by atoms with Gasteiger partial charge in [-0.05, 0) is 20.8 Å². The topological polar surface area (TPSA) is 88.8 Å². The number of aryl methyl sites for hydroxylation is 2. The van der Waals surface area contributed by atoms with E-state index >= 15 is 0 Å². The highest BCUT2D eigenvalue weighted by Gasteiger charge is 2.24. The first-order valence-corrected chi connectivity index (χ1v) is 8.84. The molecule has 0 bridgehead atoms. The summed E-state index contributed by atoms with van der Waals surface area (Å²) in [6, 6.07) is 0. The van der Waals surface area contributed by atoms with E-state index in [-0.39, 0.29) is 18.2 Å². The molecule has 22 heavy (non-hydrogen) atoms. The Kier molecular flexibility index (Phi) is 5.25. The van der Waals surface area contributed by atoms with Gasteiger partial charge in [0.2, 0.25) is 10.0 Å². The molecule has 1 N–H and O–H groups in total. The van der Waals surface area contributed by atoms with Crippen molar-refractivity contribution < 1.29 is 22.4 Å². The summed E-state index contributed by atoms with van der Waals surface area (Å²) in [5.41, 5.74) is 1.27. The summed E-state index contributed by atoms with van der Waals surface area (Å²) >= 11 is 0. The van der Waals surface area contributed by atoms with Crippen LogP contribution in [0.3, 0.4) is 0 Å². The van der Waals surface area contributed by atoms with Crippen LogP contribution in [0.25, 0.3) is 0 Å². The van der Waals surface area contributed by atoms with E-state index in [1.165, 1.54) is 4.31 Å². The fourth-order valence-electron chi connectivity index (χ4n) is 2.46. The first-order valence-electron chi connectivity index (χ1n) is 7.23. The molecule has 1 aliphatic heterocycles. The monoisotopic (exact) mass is 330 g/mol. The molecule has 8 heteroatoms. The zero-order valence-electron chi connectivity index (χ0n) is 13.1. The third-order valence-electron chi connectivity index (χ3n) is 3.80. The van der Waals surface area contributed by atoms with E-state index < -0.39 is 10.0 Å². The van der Waals surface area contributed by atoms with Gasteiger partial charge >= 0.3 is 0 Å². The number of rotatable bonds is 5. The molecule has 1 amide bonds. The van der Waals surface area contributed by atoms with Crippen molar-refractivity contribution in [1.82, 2.24) is 9.62 Å². The summed E-state index contributed by atoms with van der Waals surface area (Å²) in [4.78, 5) is 12.2. The maximum Gasteiger partial charge on any atom is 0.255 e. The number of nitrogens with one attached hydrogen (secondary N) is 1. The Morgan fingerprint density at radius 3 is 2.36 bits per heavy atom. The predicted molar refractivity (Wildman–Crippen MR) is 81.4 cm³/mol. The van der Waals surface area contributed by atoms with Crippen LogP contribution in [0, 0.1) is 20.8 Å². The molecule has 2 rings (SSSR count). The van der Waals surface area contributed by atoms with Crippen LogP contribution in [0.15, 0.2) is 4.42 Å². The molecule has 1 fully saturated rings. The van der Waals surface area contributed by atoms with Gasteiger partial charge in [0.25, 0.3) is 5.91 Å². The number of hydrogen-bond donors (Lipinski definition) is 1. The van der Waals surface area contributed by atoms with Gasteiger partial charge in [0.05, 0.1) is 24.5 Å².